The van der Waals surface area contributed by atoms with Crippen LogP contribution in [0.25, 0.3) is 0 Å². The highest BCUT2D eigenvalue weighted by Crippen LogP contribution is 2.25. The lowest BCUT2D eigenvalue weighted by molar-refractivity contribution is 0.0593. The molecule has 0 fully saturated rings. The highest BCUT2D eigenvalue weighted by Gasteiger charge is 2.28. The van der Waals surface area contributed by atoms with Crippen molar-refractivity contribution in [2.75, 3.05) is 26.8 Å². The number of hydrogen-bond acceptors (Lipinski definition) is 6. The second-order valence-corrected chi connectivity index (χ2v) is 9.09. The topological polar surface area (TPSA) is 95.7 Å². The average Bonchev–Trinajstić information content (AvgIpc) is 3.28. The van der Waals surface area contributed by atoms with Crippen LogP contribution in [0.1, 0.15) is 58.3 Å². The summed E-state index contributed by atoms with van der Waals surface area (Å²) < 4.78 is 14.3. The molecule has 1 aliphatic heterocycles. The number of nitrogens with zero attached hydrogens (tertiary/aromatic N) is 4. The number of aromatic nitrogens is 3. The van der Waals surface area contributed by atoms with Gasteiger partial charge in [-0.3, -0.25) is 14.3 Å². The molecule has 9 heteroatoms. The molecule has 0 bridgehead atoms. The van der Waals surface area contributed by atoms with Crippen LogP contribution in [0.3, 0.4) is 0 Å². The van der Waals surface area contributed by atoms with E-state index in [1.165, 1.54) is 18.7 Å². The number of benzene rings is 1. The number of methoxy groups -OCH3 is 1. The van der Waals surface area contributed by atoms with Crippen LogP contribution in [0.15, 0.2) is 53.6 Å². The predicted octanol–water partition coefficient (Wildman–Crippen LogP) is 3.12. The SMILES string of the molecule is COC(=O)c1c(OCCCc2ccccc2)cc(=O)n2c1CCN(C(=O)c1cnn(C(C)C)c1)CC2. The molecular weight excluding hydrogens is 460 g/mol. The van der Waals surface area contributed by atoms with Gasteiger partial charge >= 0.3 is 5.97 Å². The Hall–Kier alpha value is -3.88. The molecule has 2 aromatic heterocycles. The maximum atomic E-state index is 13.1. The van der Waals surface area contributed by atoms with Crippen LogP contribution in [0, 0.1) is 0 Å². The fourth-order valence-electron chi connectivity index (χ4n) is 4.40. The normalized spacial score (nSPS) is 13.3. The fraction of sp³-hybridized carbons (Fsp3) is 0.407. The van der Waals surface area contributed by atoms with E-state index in [1.807, 2.05) is 32.0 Å². The largest absolute Gasteiger partial charge is 0.492 e. The Kier molecular flexibility index (Phi) is 7.87. The first-order valence-corrected chi connectivity index (χ1v) is 12.2. The molecule has 1 aliphatic rings. The highest BCUT2D eigenvalue weighted by molar-refractivity contribution is 5.95. The molecule has 1 amide bonds. The third-order valence-electron chi connectivity index (χ3n) is 6.36. The van der Waals surface area contributed by atoms with Crippen molar-refractivity contribution in [3.8, 4) is 5.75 Å². The first-order valence-electron chi connectivity index (χ1n) is 12.2. The summed E-state index contributed by atoms with van der Waals surface area (Å²) >= 11 is 0. The smallest absolute Gasteiger partial charge is 0.343 e. The van der Waals surface area contributed by atoms with E-state index in [0.717, 1.165) is 12.8 Å². The van der Waals surface area contributed by atoms with E-state index < -0.39 is 5.97 Å². The van der Waals surface area contributed by atoms with Gasteiger partial charge in [-0.25, -0.2) is 4.79 Å². The van der Waals surface area contributed by atoms with Crippen LogP contribution in [0.2, 0.25) is 0 Å². The van der Waals surface area contributed by atoms with Gasteiger partial charge in [0.25, 0.3) is 11.5 Å². The summed E-state index contributed by atoms with van der Waals surface area (Å²) in [5.41, 5.74) is 2.20. The zero-order chi connectivity index (χ0) is 25.7. The highest BCUT2D eigenvalue weighted by atomic mass is 16.5. The first-order chi connectivity index (χ1) is 17.4. The number of fused-ring (bicyclic) bond motifs is 1. The van der Waals surface area contributed by atoms with Gasteiger partial charge in [0.2, 0.25) is 0 Å². The summed E-state index contributed by atoms with van der Waals surface area (Å²) in [6.45, 7) is 5.31. The minimum atomic E-state index is -0.560. The summed E-state index contributed by atoms with van der Waals surface area (Å²) in [4.78, 5) is 40.6. The molecule has 0 aliphatic carbocycles. The summed E-state index contributed by atoms with van der Waals surface area (Å²) in [7, 11) is 1.31. The van der Waals surface area contributed by atoms with Crippen LogP contribution < -0.4 is 10.3 Å². The van der Waals surface area contributed by atoms with Gasteiger partial charge in [-0.2, -0.15) is 5.10 Å². The Morgan fingerprint density at radius 2 is 1.89 bits per heavy atom. The number of esters is 1. The average molecular weight is 493 g/mol. The monoisotopic (exact) mass is 492 g/mol. The van der Waals surface area contributed by atoms with Gasteiger partial charge in [0.05, 0.1) is 25.5 Å². The summed E-state index contributed by atoms with van der Waals surface area (Å²) in [5.74, 6) is -0.487. The minimum Gasteiger partial charge on any atom is -0.492 e. The van der Waals surface area contributed by atoms with Gasteiger partial charge in [-0.15, -0.1) is 0 Å². The quantitative estimate of drug-likeness (QED) is 0.354. The number of pyridine rings is 1. The van der Waals surface area contributed by atoms with E-state index in [2.05, 4.69) is 17.2 Å². The molecule has 36 heavy (non-hydrogen) atoms. The van der Waals surface area contributed by atoms with Crippen LogP contribution in [-0.2, 0) is 24.1 Å². The molecule has 0 saturated carbocycles. The number of carbonyl (C=O) groups is 2. The molecule has 3 aromatic rings. The van der Waals surface area contributed by atoms with Crippen molar-refractivity contribution in [3.63, 3.8) is 0 Å². The maximum absolute atomic E-state index is 13.1. The molecule has 0 unspecified atom stereocenters. The van der Waals surface area contributed by atoms with E-state index in [9.17, 15) is 14.4 Å². The van der Waals surface area contributed by atoms with E-state index in [1.54, 1.807) is 26.5 Å². The first kappa shape index (κ1) is 25.2. The van der Waals surface area contributed by atoms with Crippen molar-refractivity contribution in [1.29, 1.82) is 0 Å². The lowest BCUT2D eigenvalue weighted by Gasteiger charge is -2.19. The number of ether oxygens (including phenoxy) is 2. The van der Waals surface area contributed by atoms with Gasteiger partial charge < -0.3 is 18.9 Å². The van der Waals surface area contributed by atoms with Crippen LogP contribution in [0.4, 0.5) is 0 Å². The third kappa shape index (κ3) is 5.50. The Bertz CT molecular complexity index is 1280. The molecule has 3 heterocycles. The number of hydrogen-bond donors (Lipinski definition) is 0. The van der Waals surface area contributed by atoms with Crippen molar-refractivity contribution < 1.29 is 19.1 Å². The van der Waals surface area contributed by atoms with Crippen molar-refractivity contribution in [2.45, 2.75) is 45.7 Å². The van der Waals surface area contributed by atoms with Gasteiger partial charge in [-0.1, -0.05) is 30.3 Å². The van der Waals surface area contributed by atoms with Gasteiger partial charge in [-0.05, 0) is 32.3 Å². The summed E-state index contributed by atoms with van der Waals surface area (Å²) in [6.07, 6.45) is 5.18. The second kappa shape index (κ2) is 11.2. The molecule has 0 radical (unpaired) electrons. The zero-order valence-electron chi connectivity index (χ0n) is 21.0. The molecule has 4 rings (SSSR count). The Morgan fingerprint density at radius 3 is 2.58 bits per heavy atom. The van der Waals surface area contributed by atoms with Crippen LogP contribution in [-0.4, -0.2) is 57.9 Å². The Balaban J connectivity index is 1.52. The molecule has 0 saturated heterocycles. The predicted molar refractivity (Wildman–Crippen MR) is 135 cm³/mol. The van der Waals surface area contributed by atoms with Gasteiger partial charge in [0.1, 0.15) is 11.3 Å². The lowest BCUT2D eigenvalue weighted by atomic mass is 10.1. The number of rotatable bonds is 8. The van der Waals surface area contributed by atoms with E-state index >= 15 is 0 Å². The third-order valence-corrected chi connectivity index (χ3v) is 6.36. The van der Waals surface area contributed by atoms with E-state index in [0.29, 0.717) is 37.4 Å². The van der Waals surface area contributed by atoms with E-state index in [4.69, 9.17) is 9.47 Å². The lowest BCUT2D eigenvalue weighted by Crippen LogP contribution is -2.34. The Morgan fingerprint density at radius 1 is 1.11 bits per heavy atom. The van der Waals surface area contributed by atoms with Crippen LogP contribution in [0.5, 0.6) is 5.75 Å². The van der Waals surface area contributed by atoms with Crippen molar-refractivity contribution in [1.82, 2.24) is 19.2 Å². The van der Waals surface area contributed by atoms with Crippen molar-refractivity contribution in [2.24, 2.45) is 0 Å². The van der Waals surface area contributed by atoms with Gasteiger partial charge in [0.15, 0.2) is 0 Å². The van der Waals surface area contributed by atoms with E-state index in [-0.39, 0.29) is 35.4 Å². The molecule has 190 valence electrons. The number of amides is 1. The van der Waals surface area contributed by atoms with Crippen molar-refractivity contribution >= 4 is 11.9 Å². The summed E-state index contributed by atoms with van der Waals surface area (Å²) in [6, 6.07) is 11.5. The molecular formula is C27H32N4O5. The standard InChI is InChI=1S/C27H32N4O5/c1-19(2)31-18-21(17-28-31)26(33)29-12-11-22-25(27(34)35-3)23(16-24(32)30(22)14-13-29)36-15-7-10-20-8-5-4-6-9-20/h4-6,8-9,16-19H,7,10-15H2,1-3H3. The molecule has 9 nitrogen and oxygen atoms in total. The van der Waals surface area contributed by atoms with Crippen LogP contribution >= 0.6 is 0 Å². The molecule has 0 spiro atoms. The summed E-state index contributed by atoms with van der Waals surface area (Å²) in [5, 5.41) is 4.26. The number of aryl methyl sites for hydroxylation is 1. The number of carbonyl (C=O) groups excluding carboxylic acids is 2. The molecule has 1 aromatic carbocycles. The second-order valence-electron chi connectivity index (χ2n) is 9.09. The Labute approximate surface area is 210 Å². The van der Waals surface area contributed by atoms with Crippen molar-refractivity contribution in [3.05, 3.63) is 81.5 Å². The molecule has 0 N–H and O–H groups in total. The minimum absolute atomic E-state index is 0.146. The zero-order valence-corrected chi connectivity index (χ0v) is 21.0. The molecule has 0 atom stereocenters. The fourth-order valence-corrected chi connectivity index (χ4v) is 4.40. The maximum Gasteiger partial charge on any atom is 0.343 e. The van der Waals surface area contributed by atoms with Gasteiger partial charge in [0, 0.05) is 50.1 Å².